The van der Waals surface area contributed by atoms with Gasteiger partial charge in [0.05, 0.1) is 6.54 Å². The Kier molecular flexibility index (Phi) is 3.91. The van der Waals surface area contributed by atoms with Gasteiger partial charge in [0.25, 0.3) is 5.91 Å². The highest BCUT2D eigenvalue weighted by atomic mass is 16.5. The van der Waals surface area contributed by atoms with Gasteiger partial charge in [0.1, 0.15) is 0 Å². The van der Waals surface area contributed by atoms with Crippen molar-refractivity contribution < 1.29 is 10.0 Å². The first-order chi connectivity index (χ1) is 6.97. The van der Waals surface area contributed by atoms with Crippen molar-refractivity contribution in [2.24, 2.45) is 5.41 Å². The lowest BCUT2D eigenvalue weighted by molar-refractivity contribution is -0.173. The average molecular weight is 211 g/mol. The largest absolute Gasteiger partial charge is 0.286 e. The van der Waals surface area contributed by atoms with Gasteiger partial charge in [0.15, 0.2) is 0 Å². The Morgan fingerprint density at radius 1 is 1.60 bits per heavy atom. The standard InChI is InChI=1S/C12H21NO2/c1-4-12(2,3)11(14)13(15)9-10-7-5-6-8-10/h7,15H,4-6,8-9H2,1-3H3. The Hall–Kier alpha value is -0.830. The number of carbonyl (C=O) groups excluding carboxylic acids is 1. The second kappa shape index (κ2) is 4.79. The maximum absolute atomic E-state index is 11.8. The SMILES string of the molecule is CCC(C)(C)C(=O)N(O)CC1=CCCC1. The summed E-state index contributed by atoms with van der Waals surface area (Å²) in [5, 5.41) is 10.6. The summed E-state index contributed by atoms with van der Waals surface area (Å²) in [7, 11) is 0. The molecule has 0 bridgehead atoms. The molecule has 1 amide bonds. The molecule has 0 aromatic heterocycles. The van der Waals surface area contributed by atoms with E-state index in [1.54, 1.807) is 0 Å². The van der Waals surface area contributed by atoms with Gasteiger partial charge in [-0.3, -0.25) is 10.0 Å². The maximum Gasteiger partial charge on any atom is 0.251 e. The van der Waals surface area contributed by atoms with Crippen molar-refractivity contribution in [3.05, 3.63) is 11.6 Å². The molecule has 0 radical (unpaired) electrons. The van der Waals surface area contributed by atoms with E-state index in [2.05, 4.69) is 6.08 Å². The molecule has 0 spiro atoms. The fourth-order valence-electron chi connectivity index (χ4n) is 1.65. The van der Waals surface area contributed by atoms with Crippen molar-refractivity contribution >= 4 is 5.91 Å². The van der Waals surface area contributed by atoms with Crippen LogP contribution in [0.5, 0.6) is 0 Å². The molecule has 0 aromatic rings. The number of nitrogens with zero attached hydrogens (tertiary/aromatic N) is 1. The van der Waals surface area contributed by atoms with Crippen LogP contribution in [0.4, 0.5) is 0 Å². The smallest absolute Gasteiger partial charge is 0.251 e. The zero-order valence-corrected chi connectivity index (χ0v) is 9.92. The minimum Gasteiger partial charge on any atom is -0.286 e. The molecule has 1 aliphatic rings. The van der Waals surface area contributed by atoms with Crippen LogP contribution in [0.25, 0.3) is 0 Å². The van der Waals surface area contributed by atoms with Gasteiger partial charge < -0.3 is 0 Å². The van der Waals surface area contributed by atoms with E-state index in [1.165, 1.54) is 5.57 Å². The molecule has 0 fully saturated rings. The first-order valence-electron chi connectivity index (χ1n) is 5.66. The summed E-state index contributed by atoms with van der Waals surface area (Å²) in [5.41, 5.74) is 0.714. The molecule has 3 nitrogen and oxygen atoms in total. The van der Waals surface area contributed by atoms with Crippen LogP contribution in [0.3, 0.4) is 0 Å². The van der Waals surface area contributed by atoms with Gasteiger partial charge in [-0.05, 0) is 25.7 Å². The van der Waals surface area contributed by atoms with Gasteiger partial charge in [-0.15, -0.1) is 0 Å². The summed E-state index contributed by atoms with van der Waals surface area (Å²) in [6, 6.07) is 0. The van der Waals surface area contributed by atoms with Gasteiger partial charge in [-0.2, -0.15) is 0 Å². The van der Waals surface area contributed by atoms with E-state index in [0.29, 0.717) is 6.54 Å². The number of allylic oxidation sites excluding steroid dienone is 1. The van der Waals surface area contributed by atoms with Gasteiger partial charge in [0, 0.05) is 5.41 Å². The van der Waals surface area contributed by atoms with Crippen LogP contribution in [0.1, 0.15) is 46.5 Å². The van der Waals surface area contributed by atoms with Crippen LogP contribution in [-0.4, -0.2) is 22.7 Å². The molecule has 1 rings (SSSR count). The quantitative estimate of drug-likeness (QED) is 0.441. The number of hydrogen-bond acceptors (Lipinski definition) is 2. The molecule has 3 heteroatoms. The van der Waals surface area contributed by atoms with Gasteiger partial charge >= 0.3 is 0 Å². The molecule has 0 saturated heterocycles. The lowest BCUT2D eigenvalue weighted by Gasteiger charge is -2.26. The Bertz CT molecular complexity index is 269. The topological polar surface area (TPSA) is 40.5 Å². The number of hydrogen-bond donors (Lipinski definition) is 1. The van der Waals surface area contributed by atoms with Crippen molar-refractivity contribution in [3.63, 3.8) is 0 Å². The highest BCUT2D eigenvalue weighted by Gasteiger charge is 2.30. The molecule has 86 valence electrons. The molecule has 1 aliphatic carbocycles. The number of hydroxylamine groups is 2. The Morgan fingerprint density at radius 3 is 2.73 bits per heavy atom. The van der Waals surface area contributed by atoms with E-state index < -0.39 is 5.41 Å². The molecule has 0 aromatic carbocycles. The van der Waals surface area contributed by atoms with Crippen LogP contribution < -0.4 is 0 Å². The first kappa shape index (κ1) is 12.2. The monoisotopic (exact) mass is 211 g/mol. The first-order valence-corrected chi connectivity index (χ1v) is 5.66. The van der Waals surface area contributed by atoms with Crippen molar-refractivity contribution in [2.45, 2.75) is 46.5 Å². The lowest BCUT2D eigenvalue weighted by atomic mass is 9.89. The number of carbonyl (C=O) groups is 1. The molecule has 0 atom stereocenters. The number of rotatable bonds is 4. The van der Waals surface area contributed by atoms with Gasteiger partial charge in [0.2, 0.25) is 0 Å². The molecule has 0 saturated carbocycles. The summed E-state index contributed by atoms with van der Waals surface area (Å²) in [6.07, 6.45) is 6.09. The van der Waals surface area contributed by atoms with Crippen LogP contribution in [0, 0.1) is 5.41 Å². The second-order valence-electron chi connectivity index (χ2n) is 4.85. The fraction of sp³-hybridized carbons (Fsp3) is 0.750. The van der Waals surface area contributed by atoms with Crippen LogP contribution in [0.15, 0.2) is 11.6 Å². The minimum atomic E-state index is -0.464. The summed E-state index contributed by atoms with van der Waals surface area (Å²) in [6.45, 7) is 6.06. The van der Waals surface area contributed by atoms with E-state index in [0.717, 1.165) is 30.7 Å². The third-order valence-corrected chi connectivity index (χ3v) is 3.19. The summed E-state index contributed by atoms with van der Waals surface area (Å²) < 4.78 is 0. The van der Waals surface area contributed by atoms with E-state index in [4.69, 9.17) is 0 Å². The van der Waals surface area contributed by atoms with Crippen LogP contribution >= 0.6 is 0 Å². The third-order valence-electron chi connectivity index (χ3n) is 3.19. The fourth-order valence-corrected chi connectivity index (χ4v) is 1.65. The number of amides is 1. The van der Waals surface area contributed by atoms with E-state index in [9.17, 15) is 10.0 Å². The summed E-state index contributed by atoms with van der Waals surface area (Å²) in [4.78, 5) is 11.8. The predicted molar refractivity (Wildman–Crippen MR) is 59.5 cm³/mol. The second-order valence-corrected chi connectivity index (χ2v) is 4.85. The molecular formula is C12H21NO2. The molecule has 0 aliphatic heterocycles. The zero-order chi connectivity index (χ0) is 11.5. The minimum absolute atomic E-state index is 0.183. The van der Waals surface area contributed by atoms with Crippen molar-refractivity contribution in [2.75, 3.05) is 6.54 Å². The van der Waals surface area contributed by atoms with Crippen LogP contribution in [0.2, 0.25) is 0 Å². The highest BCUT2D eigenvalue weighted by Crippen LogP contribution is 2.24. The molecule has 1 N–H and O–H groups in total. The highest BCUT2D eigenvalue weighted by molar-refractivity contribution is 5.81. The van der Waals surface area contributed by atoms with Crippen molar-refractivity contribution in [1.82, 2.24) is 5.06 Å². The van der Waals surface area contributed by atoms with Crippen LogP contribution in [-0.2, 0) is 4.79 Å². The Labute approximate surface area is 91.7 Å². The van der Waals surface area contributed by atoms with Crippen molar-refractivity contribution in [1.29, 1.82) is 0 Å². The van der Waals surface area contributed by atoms with Gasteiger partial charge in [-0.1, -0.05) is 32.4 Å². The van der Waals surface area contributed by atoms with E-state index in [-0.39, 0.29) is 5.91 Å². The van der Waals surface area contributed by atoms with Gasteiger partial charge in [-0.25, -0.2) is 5.06 Å². The summed E-state index contributed by atoms with van der Waals surface area (Å²) in [5.74, 6) is -0.183. The average Bonchev–Trinajstić information content (AvgIpc) is 2.69. The lowest BCUT2D eigenvalue weighted by Crippen LogP contribution is -2.39. The predicted octanol–water partition coefficient (Wildman–Crippen LogP) is 2.75. The van der Waals surface area contributed by atoms with E-state index in [1.807, 2.05) is 20.8 Å². The molecule has 0 unspecified atom stereocenters. The third kappa shape index (κ3) is 3.06. The van der Waals surface area contributed by atoms with Crippen molar-refractivity contribution in [3.8, 4) is 0 Å². The Morgan fingerprint density at radius 2 is 2.27 bits per heavy atom. The Balaban J connectivity index is 2.53. The normalized spacial score (nSPS) is 16.4. The molecular weight excluding hydrogens is 190 g/mol. The zero-order valence-electron chi connectivity index (χ0n) is 9.92. The maximum atomic E-state index is 11.8. The van der Waals surface area contributed by atoms with E-state index >= 15 is 0 Å². The summed E-state index contributed by atoms with van der Waals surface area (Å²) >= 11 is 0. The molecule has 0 heterocycles. The molecule has 15 heavy (non-hydrogen) atoms.